The molecule has 0 unspecified atom stereocenters. The summed E-state index contributed by atoms with van der Waals surface area (Å²) in [6.07, 6.45) is 3.97. The summed E-state index contributed by atoms with van der Waals surface area (Å²) in [5.41, 5.74) is 9.39. The van der Waals surface area contributed by atoms with Crippen molar-refractivity contribution in [3.05, 3.63) is 29.5 Å². The Balaban J connectivity index is 2.19. The Morgan fingerprint density at radius 1 is 1.44 bits per heavy atom. The zero-order chi connectivity index (χ0) is 11.1. The van der Waals surface area contributed by atoms with Crippen LogP contribution in [0.1, 0.15) is 36.4 Å². The van der Waals surface area contributed by atoms with Gasteiger partial charge in [0.1, 0.15) is 0 Å². The second-order valence-electron chi connectivity index (χ2n) is 4.69. The molecule has 3 heteroatoms. The van der Waals surface area contributed by atoms with Crippen LogP contribution in [-0.2, 0) is 13.6 Å². The number of hydrogen-bond acceptors (Lipinski definition) is 2. The highest BCUT2D eigenvalue weighted by Crippen LogP contribution is 2.39. The predicted molar refractivity (Wildman–Crippen MR) is 65.2 cm³/mol. The van der Waals surface area contributed by atoms with E-state index in [2.05, 4.69) is 35.0 Å². The molecule has 0 amide bonds. The minimum atomic E-state index is 0.606. The van der Waals surface area contributed by atoms with E-state index in [1.54, 1.807) is 0 Å². The van der Waals surface area contributed by atoms with Gasteiger partial charge in [0.2, 0.25) is 0 Å². The number of aromatic nitrogens is 2. The fraction of sp³-hybridized carbons (Fsp3) is 0.462. The van der Waals surface area contributed by atoms with Gasteiger partial charge in [0.05, 0.1) is 5.52 Å². The molecule has 1 aliphatic rings. The van der Waals surface area contributed by atoms with E-state index in [1.807, 2.05) is 0 Å². The summed E-state index contributed by atoms with van der Waals surface area (Å²) in [6, 6.07) is 6.36. The van der Waals surface area contributed by atoms with E-state index in [0.29, 0.717) is 12.5 Å². The number of rotatable bonds is 2. The lowest BCUT2D eigenvalue weighted by Gasteiger charge is -2.25. The van der Waals surface area contributed by atoms with Crippen molar-refractivity contribution in [3.63, 3.8) is 0 Å². The lowest BCUT2D eigenvalue weighted by Crippen LogP contribution is -2.13. The van der Waals surface area contributed by atoms with Crippen molar-refractivity contribution in [3.8, 4) is 0 Å². The predicted octanol–water partition coefficient (Wildman–Crippen LogP) is 2.30. The molecule has 3 rings (SSSR count). The van der Waals surface area contributed by atoms with E-state index in [9.17, 15) is 0 Å². The zero-order valence-corrected chi connectivity index (χ0v) is 9.61. The maximum atomic E-state index is 5.69. The molecule has 0 saturated heterocycles. The molecule has 3 nitrogen and oxygen atoms in total. The van der Waals surface area contributed by atoms with Gasteiger partial charge in [-0.3, -0.25) is 4.68 Å². The maximum absolute atomic E-state index is 5.69. The van der Waals surface area contributed by atoms with Crippen molar-refractivity contribution in [2.24, 2.45) is 12.8 Å². The van der Waals surface area contributed by atoms with Crippen LogP contribution in [0, 0.1) is 0 Å². The van der Waals surface area contributed by atoms with Gasteiger partial charge in [-0.15, -0.1) is 0 Å². The monoisotopic (exact) mass is 215 g/mol. The molecule has 1 aromatic carbocycles. The van der Waals surface area contributed by atoms with Gasteiger partial charge in [-0.25, -0.2) is 0 Å². The molecule has 0 spiro atoms. The van der Waals surface area contributed by atoms with E-state index in [1.165, 1.54) is 35.9 Å². The van der Waals surface area contributed by atoms with Crippen LogP contribution in [0.2, 0.25) is 0 Å². The van der Waals surface area contributed by atoms with Crippen LogP contribution in [0.4, 0.5) is 0 Å². The molecule has 1 saturated carbocycles. The van der Waals surface area contributed by atoms with Crippen LogP contribution >= 0.6 is 0 Å². The number of hydrogen-bond donors (Lipinski definition) is 1. The first-order chi connectivity index (χ1) is 7.79. The Morgan fingerprint density at radius 2 is 2.25 bits per heavy atom. The molecule has 84 valence electrons. The van der Waals surface area contributed by atoms with E-state index in [4.69, 9.17) is 5.73 Å². The highest BCUT2D eigenvalue weighted by Gasteiger charge is 2.25. The van der Waals surface area contributed by atoms with Crippen LogP contribution in [0.5, 0.6) is 0 Å². The molecule has 1 aromatic heterocycles. The standard InChI is InChI=1S/C13H17N3/c1-16-13(10-3-2-4-10)11-7-9(8-14)5-6-12(11)15-16/h5-7,10H,2-4,8,14H2,1H3. The molecule has 2 N–H and O–H groups in total. The third-order valence-corrected chi connectivity index (χ3v) is 3.67. The maximum Gasteiger partial charge on any atom is 0.0926 e. The molecule has 16 heavy (non-hydrogen) atoms. The molecular weight excluding hydrogens is 198 g/mol. The molecule has 0 bridgehead atoms. The first-order valence-electron chi connectivity index (χ1n) is 5.95. The van der Waals surface area contributed by atoms with E-state index in [0.717, 1.165) is 5.52 Å². The smallest absolute Gasteiger partial charge is 0.0926 e. The largest absolute Gasteiger partial charge is 0.326 e. The fourth-order valence-corrected chi connectivity index (χ4v) is 2.56. The summed E-state index contributed by atoms with van der Waals surface area (Å²) in [5.74, 6) is 0.711. The van der Waals surface area contributed by atoms with Gasteiger partial charge in [-0.05, 0) is 30.5 Å². The minimum Gasteiger partial charge on any atom is -0.326 e. The lowest BCUT2D eigenvalue weighted by atomic mass is 9.81. The van der Waals surface area contributed by atoms with Crippen LogP contribution in [0.3, 0.4) is 0 Å². The Kier molecular flexibility index (Phi) is 2.21. The number of nitrogens with zero attached hydrogens (tertiary/aromatic N) is 2. The zero-order valence-electron chi connectivity index (χ0n) is 9.61. The third kappa shape index (κ3) is 1.35. The Morgan fingerprint density at radius 3 is 2.88 bits per heavy atom. The normalized spacial score (nSPS) is 16.6. The average Bonchev–Trinajstić information content (AvgIpc) is 2.53. The molecule has 1 heterocycles. The van der Waals surface area contributed by atoms with Gasteiger partial charge in [0, 0.05) is 30.6 Å². The van der Waals surface area contributed by atoms with Crippen LogP contribution in [0.25, 0.3) is 10.9 Å². The highest BCUT2D eigenvalue weighted by molar-refractivity contribution is 5.83. The molecule has 2 aromatic rings. The SMILES string of the molecule is Cn1nc2ccc(CN)cc2c1C1CCC1. The summed E-state index contributed by atoms with van der Waals surface area (Å²) >= 11 is 0. The second-order valence-corrected chi connectivity index (χ2v) is 4.69. The Bertz CT molecular complexity index is 523. The third-order valence-electron chi connectivity index (χ3n) is 3.67. The Hall–Kier alpha value is -1.35. The van der Waals surface area contributed by atoms with Crippen molar-refractivity contribution in [2.45, 2.75) is 31.7 Å². The molecule has 1 aliphatic carbocycles. The number of nitrogens with two attached hydrogens (primary N) is 1. The molecule has 1 fully saturated rings. The summed E-state index contributed by atoms with van der Waals surface area (Å²) in [5, 5.41) is 5.87. The fourth-order valence-electron chi connectivity index (χ4n) is 2.56. The van der Waals surface area contributed by atoms with E-state index < -0.39 is 0 Å². The van der Waals surface area contributed by atoms with Crippen molar-refractivity contribution in [1.29, 1.82) is 0 Å². The summed E-state index contributed by atoms with van der Waals surface area (Å²) in [7, 11) is 2.05. The summed E-state index contributed by atoms with van der Waals surface area (Å²) in [6.45, 7) is 0.606. The van der Waals surface area contributed by atoms with Gasteiger partial charge in [-0.2, -0.15) is 5.10 Å². The van der Waals surface area contributed by atoms with Crippen LogP contribution in [0.15, 0.2) is 18.2 Å². The first kappa shape index (κ1) is 9.85. The first-order valence-corrected chi connectivity index (χ1v) is 5.95. The van der Waals surface area contributed by atoms with Gasteiger partial charge >= 0.3 is 0 Å². The van der Waals surface area contributed by atoms with Crippen LogP contribution in [-0.4, -0.2) is 9.78 Å². The number of aryl methyl sites for hydroxylation is 1. The topological polar surface area (TPSA) is 43.8 Å². The van der Waals surface area contributed by atoms with Gasteiger partial charge in [-0.1, -0.05) is 12.5 Å². The number of fused-ring (bicyclic) bond motifs is 1. The quantitative estimate of drug-likeness (QED) is 0.835. The van der Waals surface area contributed by atoms with Crippen molar-refractivity contribution in [1.82, 2.24) is 9.78 Å². The van der Waals surface area contributed by atoms with Gasteiger partial charge in [0.25, 0.3) is 0 Å². The second kappa shape index (κ2) is 3.59. The van der Waals surface area contributed by atoms with E-state index in [-0.39, 0.29) is 0 Å². The molecular formula is C13H17N3. The molecule has 0 aliphatic heterocycles. The van der Waals surface area contributed by atoms with Crippen molar-refractivity contribution >= 4 is 10.9 Å². The summed E-state index contributed by atoms with van der Waals surface area (Å²) in [4.78, 5) is 0. The Labute approximate surface area is 95.2 Å². The summed E-state index contributed by atoms with van der Waals surface area (Å²) < 4.78 is 2.05. The lowest BCUT2D eigenvalue weighted by molar-refractivity contribution is 0.399. The van der Waals surface area contributed by atoms with Crippen molar-refractivity contribution < 1.29 is 0 Å². The van der Waals surface area contributed by atoms with E-state index >= 15 is 0 Å². The number of benzene rings is 1. The molecule has 0 atom stereocenters. The van der Waals surface area contributed by atoms with Gasteiger partial charge in [0.15, 0.2) is 0 Å². The van der Waals surface area contributed by atoms with Gasteiger partial charge < -0.3 is 5.73 Å². The highest BCUT2D eigenvalue weighted by atomic mass is 15.3. The average molecular weight is 215 g/mol. The molecule has 0 radical (unpaired) electrons. The minimum absolute atomic E-state index is 0.606. The van der Waals surface area contributed by atoms with Crippen molar-refractivity contribution in [2.75, 3.05) is 0 Å². The van der Waals surface area contributed by atoms with Crippen LogP contribution < -0.4 is 5.73 Å².